The molecular formula is C7H5ClN2. The van der Waals surface area contributed by atoms with E-state index in [0.29, 0.717) is 0 Å². The van der Waals surface area contributed by atoms with Gasteiger partial charge in [-0.15, -0.1) is 0 Å². The van der Waals surface area contributed by atoms with Gasteiger partial charge < -0.3 is 4.98 Å². The van der Waals surface area contributed by atoms with E-state index in [4.69, 9.17) is 11.6 Å². The highest BCUT2D eigenvalue weighted by Gasteiger charge is 1.97. The van der Waals surface area contributed by atoms with Gasteiger partial charge in [-0.3, -0.25) is 4.98 Å². The summed E-state index contributed by atoms with van der Waals surface area (Å²) < 4.78 is 0. The molecule has 2 aromatic rings. The van der Waals surface area contributed by atoms with Gasteiger partial charge in [-0.2, -0.15) is 0 Å². The van der Waals surface area contributed by atoms with E-state index in [2.05, 4.69) is 9.97 Å². The highest BCUT2D eigenvalue weighted by atomic mass is 35.5. The van der Waals surface area contributed by atoms with Gasteiger partial charge in [0.1, 0.15) is 0 Å². The molecule has 2 heterocycles. The Hall–Kier alpha value is -1.02. The van der Waals surface area contributed by atoms with E-state index < -0.39 is 0 Å². The number of halogens is 1. The Morgan fingerprint density at radius 3 is 3.20 bits per heavy atom. The fraction of sp³-hybridized carbons (Fsp3) is 0. The Balaban J connectivity index is 2.93. The molecule has 0 fully saturated rings. The number of hydrogen-bond acceptors (Lipinski definition) is 1. The van der Waals surface area contributed by atoms with Crippen molar-refractivity contribution in [3.05, 3.63) is 29.7 Å². The van der Waals surface area contributed by atoms with E-state index in [0.717, 1.165) is 15.9 Å². The van der Waals surface area contributed by atoms with E-state index in [9.17, 15) is 0 Å². The minimum Gasteiger partial charge on any atom is -0.358 e. The number of H-pyrrole nitrogens is 1. The summed E-state index contributed by atoms with van der Waals surface area (Å²) >= 11 is 5.81. The summed E-state index contributed by atoms with van der Waals surface area (Å²) in [6.07, 6.45) is 5.23. The first kappa shape index (κ1) is 5.74. The van der Waals surface area contributed by atoms with Gasteiger partial charge in [0.15, 0.2) is 0 Å². The summed E-state index contributed by atoms with van der Waals surface area (Å²) in [7, 11) is 0. The zero-order valence-electron chi connectivity index (χ0n) is 5.13. The monoisotopic (exact) mass is 152 g/mol. The van der Waals surface area contributed by atoms with Crippen LogP contribution in [0.3, 0.4) is 0 Å². The molecule has 50 valence electrons. The van der Waals surface area contributed by atoms with Crippen molar-refractivity contribution in [2.45, 2.75) is 0 Å². The first-order valence-electron chi connectivity index (χ1n) is 2.94. The van der Waals surface area contributed by atoms with Crippen LogP contribution in [0.1, 0.15) is 0 Å². The number of nitrogens with one attached hydrogen (secondary N) is 1. The summed E-state index contributed by atoms with van der Waals surface area (Å²) in [5, 5.41) is 1.77. The Bertz CT molecular complexity index is 353. The standard InChI is InChI=1S/C7H5ClN2/c8-6-3-10-7-4-9-2-1-5(6)7/h1-4,10H. The van der Waals surface area contributed by atoms with E-state index in [-0.39, 0.29) is 0 Å². The molecule has 10 heavy (non-hydrogen) atoms. The van der Waals surface area contributed by atoms with Crippen LogP contribution in [0, 0.1) is 0 Å². The van der Waals surface area contributed by atoms with E-state index >= 15 is 0 Å². The van der Waals surface area contributed by atoms with Crippen molar-refractivity contribution in [1.82, 2.24) is 9.97 Å². The molecular weight excluding hydrogens is 148 g/mol. The van der Waals surface area contributed by atoms with Crippen LogP contribution in [0.15, 0.2) is 24.7 Å². The summed E-state index contributed by atoms with van der Waals surface area (Å²) in [4.78, 5) is 6.93. The van der Waals surface area contributed by atoms with Crippen LogP contribution < -0.4 is 0 Å². The lowest BCUT2D eigenvalue weighted by atomic mass is 10.3. The molecule has 0 spiro atoms. The normalized spacial score (nSPS) is 10.5. The fourth-order valence-corrected chi connectivity index (χ4v) is 1.16. The third kappa shape index (κ3) is 0.693. The van der Waals surface area contributed by atoms with Crippen LogP contribution in [0.2, 0.25) is 5.02 Å². The molecule has 2 rings (SSSR count). The number of aromatic nitrogens is 2. The van der Waals surface area contributed by atoms with Crippen molar-refractivity contribution in [3.8, 4) is 0 Å². The maximum absolute atomic E-state index is 5.81. The maximum atomic E-state index is 5.81. The Labute approximate surface area is 62.8 Å². The number of hydrogen-bond donors (Lipinski definition) is 1. The van der Waals surface area contributed by atoms with Crippen LogP contribution in [-0.4, -0.2) is 9.97 Å². The van der Waals surface area contributed by atoms with Crippen LogP contribution in [-0.2, 0) is 0 Å². The minimum absolute atomic E-state index is 0.748. The fourth-order valence-electron chi connectivity index (χ4n) is 0.937. The number of aromatic amines is 1. The largest absolute Gasteiger partial charge is 0.358 e. The van der Waals surface area contributed by atoms with Gasteiger partial charge >= 0.3 is 0 Å². The zero-order chi connectivity index (χ0) is 6.97. The average molecular weight is 153 g/mol. The second-order valence-electron chi connectivity index (χ2n) is 2.06. The molecule has 3 heteroatoms. The zero-order valence-corrected chi connectivity index (χ0v) is 5.89. The van der Waals surface area contributed by atoms with Crippen molar-refractivity contribution in [3.63, 3.8) is 0 Å². The Kier molecular flexibility index (Phi) is 1.14. The van der Waals surface area contributed by atoms with Crippen molar-refractivity contribution in [2.75, 3.05) is 0 Å². The molecule has 0 saturated heterocycles. The molecule has 0 saturated carbocycles. The van der Waals surface area contributed by atoms with Crippen molar-refractivity contribution in [1.29, 1.82) is 0 Å². The molecule has 0 amide bonds. The van der Waals surface area contributed by atoms with Crippen LogP contribution >= 0.6 is 11.6 Å². The van der Waals surface area contributed by atoms with E-state index in [1.807, 2.05) is 6.07 Å². The molecule has 0 atom stereocenters. The summed E-state index contributed by atoms with van der Waals surface area (Å²) in [5.74, 6) is 0. The molecule has 0 bridgehead atoms. The first-order valence-corrected chi connectivity index (χ1v) is 3.32. The van der Waals surface area contributed by atoms with Crippen molar-refractivity contribution in [2.24, 2.45) is 0 Å². The third-order valence-electron chi connectivity index (χ3n) is 1.43. The summed E-state index contributed by atoms with van der Waals surface area (Å²) in [6, 6.07) is 1.88. The van der Waals surface area contributed by atoms with Gasteiger partial charge in [0.2, 0.25) is 0 Å². The first-order chi connectivity index (χ1) is 4.88. The quantitative estimate of drug-likeness (QED) is 0.616. The predicted octanol–water partition coefficient (Wildman–Crippen LogP) is 2.22. The SMILES string of the molecule is Clc1c[nH]c2cnccc12. The number of fused-ring (bicyclic) bond motifs is 1. The molecule has 0 aliphatic carbocycles. The van der Waals surface area contributed by atoms with Gasteiger partial charge in [0, 0.05) is 17.8 Å². The minimum atomic E-state index is 0.748. The second kappa shape index (κ2) is 1.99. The molecule has 0 aliphatic heterocycles. The van der Waals surface area contributed by atoms with Crippen molar-refractivity contribution < 1.29 is 0 Å². The molecule has 2 aromatic heterocycles. The molecule has 0 unspecified atom stereocenters. The maximum Gasteiger partial charge on any atom is 0.0660 e. The number of pyridine rings is 1. The molecule has 0 aliphatic rings. The van der Waals surface area contributed by atoms with Gasteiger partial charge in [0.25, 0.3) is 0 Å². The van der Waals surface area contributed by atoms with Crippen molar-refractivity contribution >= 4 is 22.5 Å². The number of rotatable bonds is 0. The van der Waals surface area contributed by atoms with Gasteiger partial charge in [0.05, 0.1) is 16.7 Å². The highest BCUT2D eigenvalue weighted by molar-refractivity contribution is 6.35. The van der Waals surface area contributed by atoms with Gasteiger partial charge in [-0.05, 0) is 6.07 Å². The topological polar surface area (TPSA) is 28.7 Å². The lowest BCUT2D eigenvalue weighted by Crippen LogP contribution is -1.68. The molecule has 1 N–H and O–H groups in total. The van der Waals surface area contributed by atoms with Gasteiger partial charge in [-0.1, -0.05) is 11.6 Å². The molecule has 0 aromatic carbocycles. The lowest BCUT2D eigenvalue weighted by Gasteiger charge is -1.85. The van der Waals surface area contributed by atoms with E-state index in [1.165, 1.54) is 0 Å². The van der Waals surface area contributed by atoms with Crippen LogP contribution in [0.4, 0.5) is 0 Å². The lowest BCUT2D eigenvalue weighted by molar-refractivity contribution is 1.34. The summed E-state index contributed by atoms with van der Waals surface area (Å²) in [6.45, 7) is 0. The second-order valence-corrected chi connectivity index (χ2v) is 2.47. The Morgan fingerprint density at radius 1 is 1.50 bits per heavy atom. The summed E-state index contributed by atoms with van der Waals surface area (Å²) in [5.41, 5.74) is 0.979. The van der Waals surface area contributed by atoms with Gasteiger partial charge in [-0.25, -0.2) is 0 Å². The molecule has 0 radical (unpaired) electrons. The smallest absolute Gasteiger partial charge is 0.0660 e. The van der Waals surface area contributed by atoms with Crippen LogP contribution in [0.5, 0.6) is 0 Å². The predicted molar refractivity (Wildman–Crippen MR) is 41.1 cm³/mol. The third-order valence-corrected chi connectivity index (χ3v) is 1.75. The number of nitrogens with zero attached hydrogens (tertiary/aromatic N) is 1. The highest BCUT2D eigenvalue weighted by Crippen LogP contribution is 2.20. The van der Waals surface area contributed by atoms with Crippen LogP contribution in [0.25, 0.3) is 10.9 Å². The Morgan fingerprint density at radius 2 is 2.40 bits per heavy atom. The van der Waals surface area contributed by atoms with E-state index in [1.54, 1.807) is 18.6 Å². The molecule has 2 nitrogen and oxygen atoms in total. The average Bonchev–Trinajstić information content (AvgIpc) is 2.34.